The maximum Gasteiger partial charge on any atom is 0.342 e. The molecule has 0 saturated carbocycles. The van der Waals surface area contributed by atoms with Crippen LogP contribution in [0.3, 0.4) is 0 Å². The second kappa shape index (κ2) is 5.10. The van der Waals surface area contributed by atoms with Gasteiger partial charge in [0.25, 0.3) is 5.56 Å². The van der Waals surface area contributed by atoms with Gasteiger partial charge in [-0.05, 0) is 6.42 Å². The fourth-order valence-electron chi connectivity index (χ4n) is 0.998. The maximum absolute atomic E-state index is 11.1. The number of carboxylic acid groups (broad SMARTS) is 1. The van der Waals surface area contributed by atoms with E-state index in [9.17, 15) is 14.4 Å². The van der Waals surface area contributed by atoms with Crippen LogP contribution in [0.1, 0.15) is 13.3 Å². The molecule has 88 valence electrons. The predicted molar refractivity (Wildman–Crippen MR) is 55.4 cm³/mol. The smallest absolute Gasteiger partial charge is 0.342 e. The first-order valence-corrected chi connectivity index (χ1v) is 4.66. The highest BCUT2D eigenvalue weighted by Crippen LogP contribution is 2.01. The van der Waals surface area contributed by atoms with E-state index in [2.05, 4.69) is 15.5 Å². The van der Waals surface area contributed by atoms with Crippen LogP contribution >= 0.6 is 0 Å². The highest BCUT2D eigenvalue weighted by molar-refractivity contribution is 5.69. The van der Waals surface area contributed by atoms with E-state index < -0.39 is 23.1 Å². The van der Waals surface area contributed by atoms with Gasteiger partial charge in [-0.15, -0.1) is 5.10 Å². The molecule has 8 heteroatoms. The molecule has 16 heavy (non-hydrogen) atoms. The zero-order chi connectivity index (χ0) is 12.1. The Kier molecular flexibility index (Phi) is 3.81. The van der Waals surface area contributed by atoms with Gasteiger partial charge < -0.3 is 10.4 Å². The van der Waals surface area contributed by atoms with Gasteiger partial charge in [0.15, 0.2) is 0 Å². The summed E-state index contributed by atoms with van der Waals surface area (Å²) in [5.41, 5.74) is -1.32. The number of hydrogen-bond acceptors (Lipinski definition) is 5. The fraction of sp³-hybridized carbons (Fsp3) is 0.500. The van der Waals surface area contributed by atoms with Crippen LogP contribution in [-0.2, 0) is 4.79 Å². The number of H-pyrrole nitrogens is 2. The number of aromatic amines is 2. The Labute approximate surface area is 89.7 Å². The summed E-state index contributed by atoms with van der Waals surface area (Å²) in [5, 5.41) is 16.8. The van der Waals surface area contributed by atoms with E-state index in [4.69, 9.17) is 5.11 Å². The summed E-state index contributed by atoms with van der Waals surface area (Å²) < 4.78 is 0. The first-order valence-electron chi connectivity index (χ1n) is 4.66. The summed E-state index contributed by atoms with van der Waals surface area (Å²) in [6, 6.07) is 0. The molecule has 1 heterocycles. The summed E-state index contributed by atoms with van der Waals surface area (Å²) in [5.74, 6) is -1.43. The largest absolute Gasteiger partial charge is 0.481 e. The molecule has 0 radical (unpaired) electrons. The zero-order valence-electron chi connectivity index (χ0n) is 8.61. The lowest BCUT2D eigenvalue weighted by atomic mass is 10.1. The van der Waals surface area contributed by atoms with Crippen molar-refractivity contribution in [3.63, 3.8) is 0 Å². The molecule has 4 N–H and O–H groups in total. The molecule has 0 saturated heterocycles. The van der Waals surface area contributed by atoms with E-state index in [1.807, 2.05) is 4.98 Å². The third-order valence-corrected chi connectivity index (χ3v) is 2.00. The quantitative estimate of drug-likeness (QED) is 0.510. The van der Waals surface area contributed by atoms with Crippen molar-refractivity contribution < 1.29 is 9.90 Å². The number of nitrogens with zero attached hydrogens (tertiary/aromatic N) is 1. The van der Waals surface area contributed by atoms with Crippen molar-refractivity contribution in [2.75, 3.05) is 11.9 Å². The van der Waals surface area contributed by atoms with Crippen LogP contribution in [0.5, 0.6) is 0 Å². The van der Waals surface area contributed by atoms with Crippen LogP contribution in [0, 0.1) is 5.92 Å². The lowest BCUT2D eigenvalue weighted by Crippen LogP contribution is -2.27. The van der Waals surface area contributed by atoms with E-state index in [1.165, 1.54) is 0 Å². The Balaban J connectivity index is 2.53. The number of carbonyl (C=O) groups is 1. The molecule has 8 nitrogen and oxygen atoms in total. The summed E-state index contributed by atoms with van der Waals surface area (Å²) >= 11 is 0. The molecular formula is C8H12N4O4. The molecule has 0 amide bonds. The van der Waals surface area contributed by atoms with Crippen LogP contribution in [0.4, 0.5) is 5.82 Å². The van der Waals surface area contributed by atoms with Gasteiger partial charge >= 0.3 is 11.7 Å². The molecule has 1 unspecified atom stereocenters. The third-order valence-electron chi connectivity index (χ3n) is 2.00. The molecule has 0 fully saturated rings. The van der Waals surface area contributed by atoms with Gasteiger partial charge in [-0.3, -0.25) is 14.6 Å². The van der Waals surface area contributed by atoms with Crippen LogP contribution in [0.25, 0.3) is 0 Å². The van der Waals surface area contributed by atoms with Gasteiger partial charge in [-0.1, -0.05) is 6.92 Å². The number of aromatic nitrogens is 3. The Morgan fingerprint density at radius 1 is 1.56 bits per heavy atom. The van der Waals surface area contributed by atoms with Gasteiger partial charge in [0.05, 0.1) is 5.92 Å². The maximum atomic E-state index is 11.1. The van der Waals surface area contributed by atoms with Crippen molar-refractivity contribution in [3.8, 4) is 0 Å². The minimum Gasteiger partial charge on any atom is -0.481 e. The zero-order valence-corrected chi connectivity index (χ0v) is 8.61. The van der Waals surface area contributed by atoms with Crippen molar-refractivity contribution in [1.82, 2.24) is 15.2 Å². The van der Waals surface area contributed by atoms with Gasteiger partial charge in [0.2, 0.25) is 5.82 Å². The Bertz CT molecular complexity index is 477. The second-order valence-electron chi connectivity index (χ2n) is 3.31. The highest BCUT2D eigenvalue weighted by Gasteiger charge is 2.10. The number of aliphatic carboxylic acids is 1. The first kappa shape index (κ1) is 12.0. The normalized spacial score (nSPS) is 12.1. The Hall–Kier alpha value is -2.12. The summed E-state index contributed by atoms with van der Waals surface area (Å²) in [4.78, 5) is 34.3. The monoisotopic (exact) mass is 228 g/mol. The Morgan fingerprint density at radius 3 is 2.81 bits per heavy atom. The van der Waals surface area contributed by atoms with Gasteiger partial charge in [0, 0.05) is 6.54 Å². The van der Waals surface area contributed by atoms with Crippen LogP contribution in [0.2, 0.25) is 0 Å². The van der Waals surface area contributed by atoms with Crippen molar-refractivity contribution in [2.24, 2.45) is 5.92 Å². The second-order valence-corrected chi connectivity index (χ2v) is 3.31. The number of rotatable bonds is 5. The number of anilines is 1. The average Bonchev–Trinajstić information content (AvgIpc) is 2.20. The van der Waals surface area contributed by atoms with E-state index in [1.54, 1.807) is 6.92 Å². The number of nitrogens with one attached hydrogen (secondary N) is 3. The lowest BCUT2D eigenvalue weighted by molar-refractivity contribution is -0.141. The average molecular weight is 228 g/mol. The van der Waals surface area contributed by atoms with E-state index in [-0.39, 0.29) is 12.4 Å². The molecule has 1 atom stereocenters. The van der Waals surface area contributed by atoms with Gasteiger partial charge in [-0.25, -0.2) is 9.89 Å². The van der Waals surface area contributed by atoms with Crippen LogP contribution in [0.15, 0.2) is 9.59 Å². The van der Waals surface area contributed by atoms with Gasteiger partial charge in [-0.2, -0.15) is 0 Å². The lowest BCUT2D eigenvalue weighted by Gasteiger charge is -2.06. The molecule has 0 spiro atoms. The summed E-state index contributed by atoms with van der Waals surface area (Å²) in [6.45, 7) is 1.85. The molecule has 0 aliphatic rings. The van der Waals surface area contributed by atoms with Crippen molar-refractivity contribution >= 4 is 11.8 Å². The minimum absolute atomic E-state index is 0.0304. The van der Waals surface area contributed by atoms with E-state index in [0.717, 1.165) is 0 Å². The molecule has 1 rings (SSSR count). The molecule has 1 aromatic rings. The summed E-state index contributed by atoms with van der Waals surface area (Å²) in [7, 11) is 0. The predicted octanol–water partition coefficient (Wildman–Crippen LogP) is -1.02. The SMILES string of the molecule is CC(CCNc1n[nH]c(=O)[nH]c1=O)C(=O)O. The summed E-state index contributed by atoms with van der Waals surface area (Å²) in [6.07, 6.45) is 0.357. The van der Waals surface area contributed by atoms with Crippen molar-refractivity contribution in [3.05, 3.63) is 20.8 Å². The molecule has 0 aromatic carbocycles. The van der Waals surface area contributed by atoms with Crippen molar-refractivity contribution in [1.29, 1.82) is 0 Å². The Morgan fingerprint density at radius 2 is 2.25 bits per heavy atom. The molecule has 0 bridgehead atoms. The van der Waals surface area contributed by atoms with Crippen LogP contribution in [-0.4, -0.2) is 32.8 Å². The van der Waals surface area contributed by atoms with Crippen molar-refractivity contribution in [2.45, 2.75) is 13.3 Å². The fourth-order valence-corrected chi connectivity index (χ4v) is 0.998. The molecule has 0 aliphatic heterocycles. The van der Waals surface area contributed by atoms with Crippen LogP contribution < -0.4 is 16.6 Å². The number of carboxylic acids is 1. The highest BCUT2D eigenvalue weighted by atomic mass is 16.4. The molecular weight excluding hydrogens is 216 g/mol. The van der Waals surface area contributed by atoms with Gasteiger partial charge in [0.1, 0.15) is 0 Å². The first-order chi connectivity index (χ1) is 7.50. The third kappa shape index (κ3) is 3.23. The standard InChI is InChI=1S/C8H12N4O4/c1-4(7(14)15)2-3-9-5-6(13)10-8(16)12-11-5/h4H,2-3H2,1H3,(H,9,11)(H,14,15)(H2,10,12,13,16). The van der Waals surface area contributed by atoms with E-state index >= 15 is 0 Å². The number of hydrogen-bond donors (Lipinski definition) is 4. The molecule has 1 aromatic heterocycles. The van der Waals surface area contributed by atoms with E-state index in [0.29, 0.717) is 6.42 Å². The minimum atomic E-state index is -0.898. The topological polar surface area (TPSA) is 128 Å². The molecule has 0 aliphatic carbocycles.